The molecule has 38 heavy (non-hydrogen) atoms. The molecule has 1 aromatic heterocycles. The average molecular weight is 517 g/mol. The number of methoxy groups -OCH3 is 1. The lowest BCUT2D eigenvalue weighted by atomic mass is 10.2. The van der Waals surface area contributed by atoms with Crippen LogP contribution in [0, 0.1) is 20.2 Å². The van der Waals surface area contributed by atoms with E-state index >= 15 is 0 Å². The van der Waals surface area contributed by atoms with Crippen LogP contribution in [0.25, 0.3) is 10.9 Å². The van der Waals surface area contributed by atoms with E-state index in [1.807, 2.05) is 12.1 Å². The molecule has 0 fully saturated rings. The number of aromatic nitrogens is 1. The highest BCUT2D eigenvalue weighted by molar-refractivity contribution is 5.86. The van der Waals surface area contributed by atoms with Crippen molar-refractivity contribution < 1.29 is 28.9 Å². The summed E-state index contributed by atoms with van der Waals surface area (Å²) < 4.78 is 16.5. The standard InChI is InChI=1S/C25H19N5O8/c1-36-23-12-16(7-9-21(23)38-20-10-8-18(29(32)33)13-19(20)30(34)35)14-27-28-24(31)15-37-22-6-2-4-17-5-3-11-26-25(17)22/h2-14H,15H2,1H3,(H,28,31)/b27-14+. The summed E-state index contributed by atoms with van der Waals surface area (Å²) in [5.41, 5.74) is 2.50. The summed E-state index contributed by atoms with van der Waals surface area (Å²) in [5, 5.41) is 27.1. The number of nitro groups is 2. The maximum Gasteiger partial charge on any atom is 0.318 e. The quantitative estimate of drug-likeness (QED) is 0.182. The van der Waals surface area contributed by atoms with Gasteiger partial charge in [-0.15, -0.1) is 0 Å². The minimum Gasteiger partial charge on any atom is -0.493 e. The van der Waals surface area contributed by atoms with Crippen molar-refractivity contribution in [3.63, 3.8) is 0 Å². The van der Waals surface area contributed by atoms with Crippen LogP contribution in [-0.2, 0) is 4.79 Å². The van der Waals surface area contributed by atoms with Gasteiger partial charge in [0.15, 0.2) is 18.1 Å². The lowest BCUT2D eigenvalue weighted by Gasteiger charge is -2.11. The van der Waals surface area contributed by atoms with E-state index in [0.29, 0.717) is 16.8 Å². The highest BCUT2D eigenvalue weighted by atomic mass is 16.6. The first-order valence-electron chi connectivity index (χ1n) is 10.9. The van der Waals surface area contributed by atoms with Crippen LogP contribution in [0.2, 0.25) is 0 Å². The van der Waals surface area contributed by atoms with Gasteiger partial charge in [-0.05, 0) is 42.0 Å². The smallest absolute Gasteiger partial charge is 0.318 e. The minimum absolute atomic E-state index is 0.128. The Morgan fingerprint density at radius 1 is 0.974 bits per heavy atom. The molecule has 1 heterocycles. The van der Waals surface area contributed by atoms with Gasteiger partial charge in [0.25, 0.3) is 11.6 Å². The van der Waals surface area contributed by atoms with Crippen LogP contribution >= 0.6 is 0 Å². The fraction of sp³-hybridized carbons (Fsp3) is 0.0800. The maximum absolute atomic E-state index is 12.2. The summed E-state index contributed by atoms with van der Waals surface area (Å²) in [7, 11) is 1.37. The number of nitro benzene ring substituents is 2. The highest BCUT2D eigenvalue weighted by Crippen LogP contribution is 2.38. The molecule has 0 aliphatic rings. The molecular weight excluding hydrogens is 498 g/mol. The Bertz CT molecular complexity index is 1550. The number of ether oxygens (including phenoxy) is 3. The number of nitrogens with zero attached hydrogens (tertiary/aromatic N) is 4. The van der Waals surface area contributed by atoms with Crippen molar-refractivity contribution in [1.82, 2.24) is 10.4 Å². The van der Waals surface area contributed by atoms with Crippen LogP contribution in [0.4, 0.5) is 11.4 Å². The molecule has 13 nitrogen and oxygen atoms in total. The Balaban J connectivity index is 1.40. The van der Waals surface area contributed by atoms with Crippen molar-refractivity contribution >= 4 is 34.4 Å². The Hall–Kier alpha value is -5.59. The van der Waals surface area contributed by atoms with Gasteiger partial charge in [-0.1, -0.05) is 18.2 Å². The molecule has 1 N–H and O–H groups in total. The second-order valence-electron chi connectivity index (χ2n) is 7.59. The van der Waals surface area contributed by atoms with Gasteiger partial charge in [-0.2, -0.15) is 5.10 Å². The zero-order valence-corrected chi connectivity index (χ0v) is 19.8. The Morgan fingerprint density at radius 3 is 2.53 bits per heavy atom. The molecule has 0 saturated heterocycles. The van der Waals surface area contributed by atoms with Gasteiger partial charge in [-0.25, -0.2) is 5.43 Å². The first-order valence-corrected chi connectivity index (χ1v) is 10.9. The number of carbonyl (C=O) groups excluding carboxylic acids is 1. The molecule has 13 heteroatoms. The number of pyridine rings is 1. The van der Waals surface area contributed by atoms with Crippen LogP contribution in [-0.4, -0.2) is 40.7 Å². The summed E-state index contributed by atoms with van der Waals surface area (Å²) in [5.74, 6) is 0.110. The van der Waals surface area contributed by atoms with Crippen molar-refractivity contribution in [2.24, 2.45) is 5.10 Å². The molecule has 0 aliphatic heterocycles. The van der Waals surface area contributed by atoms with Crippen LogP contribution in [0.1, 0.15) is 5.56 Å². The Kier molecular flexibility index (Phi) is 7.67. The van der Waals surface area contributed by atoms with Crippen molar-refractivity contribution in [2.75, 3.05) is 13.7 Å². The molecule has 1 amide bonds. The molecule has 4 rings (SSSR count). The first kappa shape index (κ1) is 25.5. The van der Waals surface area contributed by atoms with E-state index in [9.17, 15) is 25.0 Å². The molecule has 0 atom stereocenters. The van der Waals surface area contributed by atoms with Gasteiger partial charge in [-0.3, -0.25) is 30.0 Å². The number of non-ortho nitro benzene ring substituents is 1. The third-order valence-corrected chi connectivity index (χ3v) is 5.11. The fourth-order valence-electron chi connectivity index (χ4n) is 3.36. The summed E-state index contributed by atoms with van der Waals surface area (Å²) in [6.07, 6.45) is 3.00. The van der Waals surface area contributed by atoms with Gasteiger partial charge >= 0.3 is 5.69 Å². The van der Waals surface area contributed by atoms with Crippen LogP contribution in [0.5, 0.6) is 23.0 Å². The molecule has 0 aliphatic carbocycles. The topological polar surface area (TPSA) is 168 Å². The van der Waals surface area contributed by atoms with E-state index in [1.165, 1.54) is 25.5 Å². The molecule has 192 valence electrons. The number of hydrazone groups is 1. The van der Waals surface area contributed by atoms with Crippen molar-refractivity contribution in [3.05, 3.63) is 98.7 Å². The molecule has 0 unspecified atom stereocenters. The van der Waals surface area contributed by atoms with E-state index < -0.39 is 27.1 Å². The molecule has 0 spiro atoms. The monoisotopic (exact) mass is 517 g/mol. The summed E-state index contributed by atoms with van der Waals surface area (Å²) >= 11 is 0. The van der Waals surface area contributed by atoms with Gasteiger partial charge in [0.2, 0.25) is 5.75 Å². The Labute approximate surface area is 214 Å². The van der Waals surface area contributed by atoms with Crippen LogP contribution in [0.15, 0.2) is 78.0 Å². The second kappa shape index (κ2) is 11.4. The number of nitrogens with one attached hydrogen (secondary N) is 1. The van der Waals surface area contributed by atoms with Crippen molar-refractivity contribution in [2.45, 2.75) is 0 Å². The summed E-state index contributed by atoms with van der Waals surface area (Å²) in [4.78, 5) is 37.2. The highest BCUT2D eigenvalue weighted by Gasteiger charge is 2.22. The predicted molar refractivity (Wildman–Crippen MR) is 136 cm³/mol. The van der Waals surface area contributed by atoms with E-state index in [1.54, 1.807) is 30.5 Å². The number of rotatable bonds is 10. The number of amides is 1. The number of hydrogen-bond acceptors (Lipinski definition) is 10. The largest absolute Gasteiger partial charge is 0.493 e. The lowest BCUT2D eigenvalue weighted by Crippen LogP contribution is -2.24. The number of carbonyl (C=O) groups is 1. The molecule has 0 saturated carbocycles. The number of fused-ring (bicyclic) bond motifs is 1. The van der Waals surface area contributed by atoms with Crippen molar-refractivity contribution in [3.8, 4) is 23.0 Å². The van der Waals surface area contributed by atoms with Gasteiger partial charge in [0.1, 0.15) is 11.3 Å². The molecule has 3 aromatic carbocycles. The predicted octanol–water partition coefficient (Wildman–Crippen LogP) is 4.38. The zero-order chi connectivity index (χ0) is 27.1. The minimum atomic E-state index is -0.779. The van der Waals surface area contributed by atoms with Crippen molar-refractivity contribution in [1.29, 1.82) is 0 Å². The van der Waals surface area contributed by atoms with Gasteiger partial charge < -0.3 is 14.2 Å². The average Bonchev–Trinajstić information content (AvgIpc) is 2.92. The van der Waals surface area contributed by atoms with E-state index in [4.69, 9.17) is 14.2 Å². The molecule has 4 aromatic rings. The third kappa shape index (κ3) is 5.96. The lowest BCUT2D eigenvalue weighted by molar-refractivity contribution is -0.394. The molecule has 0 bridgehead atoms. The van der Waals surface area contributed by atoms with Crippen LogP contribution in [0.3, 0.4) is 0 Å². The summed E-state index contributed by atoms with van der Waals surface area (Å²) in [6, 6.07) is 16.7. The van der Waals surface area contributed by atoms with Gasteiger partial charge in [0, 0.05) is 17.6 Å². The normalized spacial score (nSPS) is 10.8. The number of para-hydroxylation sites is 1. The molecular formula is C25H19N5O8. The zero-order valence-electron chi connectivity index (χ0n) is 19.8. The van der Waals surface area contributed by atoms with E-state index in [-0.39, 0.29) is 23.9 Å². The maximum atomic E-state index is 12.2. The van der Waals surface area contributed by atoms with Crippen LogP contribution < -0.4 is 19.6 Å². The first-order chi connectivity index (χ1) is 18.4. The number of hydrogen-bond donors (Lipinski definition) is 1. The second-order valence-corrected chi connectivity index (χ2v) is 7.59. The third-order valence-electron chi connectivity index (χ3n) is 5.11. The van der Waals surface area contributed by atoms with E-state index in [2.05, 4.69) is 15.5 Å². The van der Waals surface area contributed by atoms with Gasteiger partial charge in [0.05, 0.1) is 29.2 Å². The fourth-order valence-corrected chi connectivity index (χ4v) is 3.36. The number of benzene rings is 3. The summed E-state index contributed by atoms with van der Waals surface area (Å²) in [6.45, 7) is -0.281. The molecule has 0 radical (unpaired) electrons. The Morgan fingerprint density at radius 2 is 1.76 bits per heavy atom. The van der Waals surface area contributed by atoms with E-state index in [0.717, 1.165) is 23.6 Å². The SMILES string of the molecule is COc1cc(/C=N/NC(=O)COc2cccc3cccnc23)ccc1Oc1ccc([N+](=O)[O-])cc1[N+](=O)[O-].